The Morgan fingerprint density at radius 1 is 1.36 bits per heavy atom. The Morgan fingerprint density at radius 3 is 2.91 bits per heavy atom. The van der Waals surface area contributed by atoms with Crippen molar-refractivity contribution in [2.24, 2.45) is 0 Å². The molecule has 120 valence electrons. The smallest absolute Gasteiger partial charge is 0.317 e. The molecule has 2 aromatic rings. The molecule has 2 heterocycles. The lowest BCUT2D eigenvalue weighted by molar-refractivity contribution is 0.206. The van der Waals surface area contributed by atoms with Gasteiger partial charge >= 0.3 is 6.03 Å². The van der Waals surface area contributed by atoms with Crippen molar-refractivity contribution in [1.29, 1.82) is 0 Å². The number of hydrogen-bond acceptors (Lipinski definition) is 3. The number of carbonyl (C=O) groups is 1. The van der Waals surface area contributed by atoms with Gasteiger partial charge in [0.15, 0.2) is 0 Å². The van der Waals surface area contributed by atoms with E-state index in [-0.39, 0.29) is 6.03 Å². The molecule has 0 aliphatic carbocycles. The fourth-order valence-electron chi connectivity index (χ4n) is 2.21. The fraction of sp³-hybridized carbons (Fsp3) is 0.533. The van der Waals surface area contributed by atoms with Crippen molar-refractivity contribution < 1.29 is 4.79 Å². The van der Waals surface area contributed by atoms with Crippen molar-refractivity contribution in [2.45, 2.75) is 32.4 Å². The monoisotopic (exact) mass is 304 g/mol. The first-order valence-electron chi connectivity index (χ1n) is 7.60. The van der Waals surface area contributed by atoms with Crippen LogP contribution >= 0.6 is 0 Å². The number of aryl methyl sites for hydroxylation is 1. The average molecular weight is 304 g/mol. The zero-order chi connectivity index (χ0) is 15.8. The normalized spacial score (nSPS) is 12.1. The number of rotatable bonds is 8. The highest BCUT2D eigenvalue weighted by molar-refractivity contribution is 5.73. The zero-order valence-electron chi connectivity index (χ0n) is 13.2. The number of imidazole rings is 1. The summed E-state index contributed by atoms with van der Waals surface area (Å²) in [5.74, 6) is 0. The van der Waals surface area contributed by atoms with Crippen LogP contribution in [0.2, 0.25) is 0 Å². The Hall–Kier alpha value is -2.31. The minimum atomic E-state index is -0.0294. The summed E-state index contributed by atoms with van der Waals surface area (Å²) in [6.45, 7) is 4.30. The van der Waals surface area contributed by atoms with Crippen LogP contribution in [0.4, 0.5) is 4.79 Å². The van der Waals surface area contributed by atoms with Crippen LogP contribution in [0.3, 0.4) is 0 Å². The van der Waals surface area contributed by atoms with Gasteiger partial charge in [-0.15, -0.1) is 0 Å². The second kappa shape index (κ2) is 8.21. The first kappa shape index (κ1) is 16.1. The van der Waals surface area contributed by atoms with E-state index < -0.39 is 0 Å². The molecule has 2 amide bonds. The van der Waals surface area contributed by atoms with Gasteiger partial charge in [-0.25, -0.2) is 9.78 Å². The molecule has 1 atom stereocenters. The van der Waals surface area contributed by atoms with Gasteiger partial charge in [-0.05, 0) is 25.8 Å². The van der Waals surface area contributed by atoms with Gasteiger partial charge in [0.05, 0.1) is 6.33 Å². The number of amides is 2. The van der Waals surface area contributed by atoms with Crippen LogP contribution < -0.4 is 5.32 Å². The predicted octanol–water partition coefficient (Wildman–Crippen LogP) is 1.76. The Balaban J connectivity index is 1.59. The van der Waals surface area contributed by atoms with Gasteiger partial charge in [0.2, 0.25) is 0 Å². The van der Waals surface area contributed by atoms with Crippen molar-refractivity contribution in [3.05, 3.63) is 37.2 Å². The fourth-order valence-corrected chi connectivity index (χ4v) is 2.21. The van der Waals surface area contributed by atoms with E-state index in [0.29, 0.717) is 19.1 Å². The number of urea groups is 1. The maximum Gasteiger partial charge on any atom is 0.317 e. The number of hydrogen-bond donors (Lipinski definition) is 1. The topological polar surface area (TPSA) is 68.0 Å². The van der Waals surface area contributed by atoms with Gasteiger partial charge in [0.1, 0.15) is 0 Å². The van der Waals surface area contributed by atoms with Gasteiger partial charge in [-0.1, -0.05) is 0 Å². The van der Waals surface area contributed by atoms with E-state index in [1.807, 2.05) is 34.8 Å². The molecule has 0 saturated heterocycles. The van der Waals surface area contributed by atoms with Crippen LogP contribution in [0.1, 0.15) is 25.8 Å². The molecule has 0 saturated carbocycles. The molecule has 0 aromatic carbocycles. The number of nitrogens with one attached hydrogen (secondary N) is 1. The molecule has 0 spiro atoms. The quantitative estimate of drug-likeness (QED) is 0.808. The molecular weight excluding hydrogens is 280 g/mol. The molecule has 7 heteroatoms. The third-order valence-electron chi connectivity index (χ3n) is 3.66. The van der Waals surface area contributed by atoms with E-state index in [9.17, 15) is 4.79 Å². The Labute approximate surface area is 130 Å². The van der Waals surface area contributed by atoms with Crippen molar-refractivity contribution >= 4 is 6.03 Å². The maximum absolute atomic E-state index is 12.0. The summed E-state index contributed by atoms with van der Waals surface area (Å²) in [7, 11) is 1.82. The molecule has 0 unspecified atom stereocenters. The van der Waals surface area contributed by atoms with E-state index in [1.54, 1.807) is 23.6 Å². The van der Waals surface area contributed by atoms with Crippen LogP contribution in [0.5, 0.6) is 0 Å². The van der Waals surface area contributed by atoms with Crippen LogP contribution in [0.15, 0.2) is 37.2 Å². The molecule has 0 aliphatic heterocycles. The Morgan fingerprint density at radius 2 is 2.23 bits per heavy atom. The van der Waals surface area contributed by atoms with E-state index >= 15 is 0 Å². The third-order valence-corrected chi connectivity index (χ3v) is 3.66. The SMILES string of the molecule is C[C@H](CCNC(=O)N(C)CCCn1cccn1)n1ccnc1. The first-order chi connectivity index (χ1) is 10.7. The van der Waals surface area contributed by atoms with E-state index in [2.05, 4.69) is 22.3 Å². The number of aromatic nitrogens is 4. The van der Waals surface area contributed by atoms with Crippen molar-refractivity contribution in [3.8, 4) is 0 Å². The predicted molar refractivity (Wildman–Crippen MR) is 84.4 cm³/mol. The Bertz CT molecular complexity index is 536. The summed E-state index contributed by atoms with van der Waals surface area (Å²) in [6.07, 6.45) is 11.0. The third kappa shape index (κ3) is 4.91. The zero-order valence-corrected chi connectivity index (χ0v) is 13.2. The van der Waals surface area contributed by atoms with Crippen LogP contribution in [0, 0.1) is 0 Å². The number of carbonyl (C=O) groups excluding carboxylic acids is 1. The van der Waals surface area contributed by atoms with Gasteiger partial charge in [-0.2, -0.15) is 5.10 Å². The van der Waals surface area contributed by atoms with Gasteiger partial charge in [0.25, 0.3) is 0 Å². The molecule has 0 radical (unpaired) electrons. The standard InChI is InChI=1S/C15H24N6O/c1-14(20-12-8-16-13-20)5-7-17-15(22)19(2)9-4-11-21-10-3-6-18-21/h3,6,8,10,12-14H,4-5,7,9,11H2,1-2H3,(H,17,22)/t14-/m1/s1. The minimum absolute atomic E-state index is 0.0294. The number of nitrogens with zero attached hydrogens (tertiary/aromatic N) is 5. The molecule has 22 heavy (non-hydrogen) atoms. The second-order valence-corrected chi connectivity index (χ2v) is 5.42. The summed E-state index contributed by atoms with van der Waals surface area (Å²) < 4.78 is 3.92. The van der Waals surface area contributed by atoms with Crippen LogP contribution in [-0.4, -0.2) is 50.4 Å². The summed E-state index contributed by atoms with van der Waals surface area (Å²) in [4.78, 5) is 17.7. The van der Waals surface area contributed by atoms with E-state index in [4.69, 9.17) is 0 Å². The second-order valence-electron chi connectivity index (χ2n) is 5.42. The van der Waals surface area contributed by atoms with Crippen LogP contribution in [0.25, 0.3) is 0 Å². The summed E-state index contributed by atoms with van der Waals surface area (Å²) in [5, 5.41) is 7.09. The van der Waals surface area contributed by atoms with Crippen molar-refractivity contribution in [1.82, 2.24) is 29.5 Å². The lowest BCUT2D eigenvalue weighted by Crippen LogP contribution is -2.38. The maximum atomic E-state index is 12.0. The summed E-state index contributed by atoms with van der Waals surface area (Å²) in [5.41, 5.74) is 0. The van der Waals surface area contributed by atoms with Gasteiger partial charge in [-0.3, -0.25) is 4.68 Å². The first-order valence-corrected chi connectivity index (χ1v) is 7.60. The molecular formula is C15H24N6O. The molecule has 0 bridgehead atoms. The molecule has 0 fully saturated rings. The van der Waals surface area contributed by atoms with Crippen LogP contribution in [-0.2, 0) is 6.54 Å². The highest BCUT2D eigenvalue weighted by Gasteiger charge is 2.09. The van der Waals surface area contributed by atoms with Crippen molar-refractivity contribution in [2.75, 3.05) is 20.1 Å². The lowest BCUT2D eigenvalue weighted by Gasteiger charge is -2.19. The highest BCUT2D eigenvalue weighted by Crippen LogP contribution is 2.08. The molecule has 0 aliphatic rings. The Kier molecular flexibility index (Phi) is 6.00. The highest BCUT2D eigenvalue weighted by atomic mass is 16.2. The van der Waals surface area contributed by atoms with Gasteiger partial charge in [0, 0.05) is 57.5 Å². The van der Waals surface area contributed by atoms with Gasteiger partial charge < -0.3 is 14.8 Å². The summed E-state index contributed by atoms with van der Waals surface area (Å²) >= 11 is 0. The molecule has 2 aromatic heterocycles. The van der Waals surface area contributed by atoms with E-state index in [0.717, 1.165) is 19.4 Å². The lowest BCUT2D eigenvalue weighted by atomic mass is 10.2. The molecule has 7 nitrogen and oxygen atoms in total. The molecule has 1 N–H and O–H groups in total. The average Bonchev–Trinajstić information content (AvgIpc) is 3.20. The summed E-state index contributed by atoms with van der Waals surface area (Å²) in [6, 6.07) is 2.20. The minimum Gasteiger partial charge on any atom is -0.338 e. The molecule has 2 rings (SSSR count). The largest absolute Gasteiger partial charge is 0.338 e. The van der Waals surface area contributed by atoms with Crippen molar-refractivity contribution in [3.63, 3.8) is 0 Å². The van der Waals surface area contributed by atoms with E-state index in [1.165, 1.54) is 0 Å².